The Morgan fingerprint density at radius 3 is 2.76 bits per heavy atom. The first-order chi connectivity index (χ1) is 8.06. The van der Waals surface area contributed by atoms with Gasteiger partial charge in [-0.2, -0.15) is 0 Å². The van der Waals surface area contributed by atoms with Gasteiger partial charge in [0.05, 0.1) is 9.40 Å². The molecule has 0 aliphatic carbocycles. The van der Waals surface area contributed by atoms with Crippen molar-refractivity contribution in [1.29, 1.82) is 0 Å². The van der Waals surface area contributed by atoms with E-state index in [1.165, 1.54) is 6.07 Å². The molecule has 0 radical (unpaired) electrons. The number of halogens is 1. The third-order valence-corrected chi connectivity index (χ3v) is 3.61. The van der Waals surface area contributed by atoms with Crippen molar-refractivity contribution in [3.8, 4) is 0 Å². The van der Waals surface area contributed by atoms with Gasteiger partial charge in [-0.25, -0.2) is 0 Å². The Bertz CT molecular complexity index is 396. The summed E-state index contributed by atoms with van der Waals surface area (Å²) in [5, 5.41) is 10.8. The standard InChI is InChI=1S/C12H17BrN2O2/c1-2-4-10(14)8-7-9-5-3-6-11(12(9)13)15(16)17/h3,5-6,10H,2,4,7-8,14H2,1H3. The maximum atomic E-state index is 10.8. The minimum Gasteiger partial charge on any atom is -0.328 e. The lowest BCUT2D eigenvalue weighted by atomic mass is 10.0. The van der Waals surface area contributed by atoms with Gasteiger partial charge in [-0.3, -0.25) is 10.1 Å². The molecule has 1 unspecified atom stereocenters. The van der Waals surface area contributed by atoms with Gasteiger partial charge in [0.15, 0.2) is 0 Å². The fourth-order valence-electron chi connectivity index (χ4n) is 1.76. The molecule has 0 bridgehead atoms. The average Bonchev–Trinajstić information content (AvgIpc) is 2.27. The van der Waals surface area contributed by atoms with Gasteiger partial charge in [0.1, 0.15) is 0 Å². The van der Waals surface area contributed by atoms with Crippen LogP contribution in [0.4, 0.5) is 5.69 Å². The van der Waals surface area contributed by atoms with E-state index >= 15 is 0 Å². The van der Waals surface area contributed by atoms with E-state index < -0.39 is 0 Å². The predicted octanol–water partition coefficient (Wildman–Crippen LogP) is 3.42. The highest BCUT2D eigenvalue weighted by Crippen LogP contribution is 2.29. The minimum absolute atomic E-state index is 0.117. The van der Waals surface area contributed by atoms with Crippen LogP contribution in [-0.4, -0.2) is 11.0 Å². The Morgan fingerprint density at radius 1 is 1.47 bits per heavy atom. The molecule has 1 aromatic rings. The quantitative estimate of drug-likeness (QED) is 0.646. The van der Waals surface area contributed by atoms with Gasteiger partial charge < -0.3 is 5.73 Å². The number of nitrogens with zero attached hydrogens (tertiary/aromatic N) is 1. The normalized spacial score (nSPS) is 12.4. The van der Waals surface area contributed by atoms with Gasteiger partial charge in [-0.15, -0.1) is 0 Å². The lowest BCUT2D eigenvalue weighted by Crippen LogP contribution is -2.20. The van der Waals surface area contributed by atoms with Gasteiger partial charge in [-0.1, -0.05) is 25.5 Å². The van der Waals surface area contributed by atoms with Crippen LogP contribution in [0, 0.1) is 10.1 Å². The van der Waals surface area contributed by atoms with E-state index in [2.05, 4.69) is 22.9 Å². The van der Waals surface area contributed by atoms with Crippen LogP contribution >= 0.6 is 15.9 Å². The van der Waals surface area contributed by atoms with Crippen LogP contribution in [0.25, 0.3) is 0 Å². The number of nitro groups is 1. The molecule has 0 amide bonds. The first-order valence-corrected chi connectivity index (χ1v) is 6.53. The van der Waals surface area contributed by atoms with Gasteiger partial charge >= 0.3 is 0 Å². The summed E-state index contributed by atoms with van der Waals surface area (Å²) in [7, 11) is 0. The number of rotatable bonds is 6. The minimum atomic E-state index is -0.375. The number of nitro benzene ring substituents is 1. The number of hydrogen-bond acceptors (Lipinski definition) is 3. The summed E-state index contributed by atoms with van der Waals surface area (Å²) in [5.41, 5.74) is 7.00. The lowest BCUT2D eigenvalue weighted by Gasteiger charge is -2.10. The second-order valence-electron chi connectivity index (χ2n) is 4.09. The molecule has 0 fully saturated rings. The molecule has 0 spiro atoms. The second kappa shape index (κ2) is 6.71. The molecule has 0 aliphatic rings. The molecule has 0 aliphatic heterocycles. The zero-order chi connectivity index (χ0) is 12.8. The van der Waals surface area contributed by atoms with Crippen LogP contribution in [0.5, 0.6) is 0 Å². The smallest absolute Gasteiger partial charge is 0.283 e. The van der Waals surface area contributed by atoms with Crippen LogP contribution in [0.15, 0.2) is 22.7 Å². The fraction of sp³-hybridized carbons (Fsp3) is 0.500. The van der Waals surface area contributed by atoms with E-state index in [4.69, 9.17) is 5.73 Å². The molecule has 0 saturated heterocycles. The van der Waals surface area contributed by atoms with Crippen LogP contribution in [0.1, 0.15) is 31.7 Å². The van der Waals surface area contributed by atoms with Crippen LogP contribution in [0.2, 0.25) is 0 Å². The molecule has 0 saturated carbocycles. The third-order valence-electron chi connectivity index (χ3n) is 2.70. The maximum absolute atomic E-state index is 10.8. The zero-order valence-electron chi connectivity index (χ0n) is 9.86. The van der Waals surface area contributed by atoms with Crippen molar-refractivity contribution in [3.63, 3.8) is 0 Å². The highest BCUT2D eigenvalue weighted by atomic mass is 79.9. The van der Waals surface area contributed by atoms with Crippen molar-refractivity contribution >= 4 is 21.6 Å². The SMILES string of the molecule is CCCC(N)CCc1cccc([N+](=O)[O-])c1Br. The van der Waals surface area contributed by atoms with Crippen molar-refractivity contribution in [2.24, 2.45) is 5.73 Å². The molecule has 4 nitrogen and oxygen atoms in total. The Kier molecular flexibility index (Phi) is 5.58. The van der Waals surface area contributed by atoms with Crippen molar-refractivity contribution in [2.45, 2.75) is 38.6 Å². The number of hydrogen-bond donors (Lipinski definition) is 1. The van der Waals surface area contributed by atoms with E-state index in [9.17, 15) is 10.1 Å². The Morgan fingerprint density at radius 2 is 2.18 bits per heavy atom. The lowest BCUT2D eigenvalue weighted by molar-refractivity contribution is -0.385. The van der Waals surface area contributed by atoms with Crippen LogP contribution < -0.4 is 5.73 Å². The molecule has 17 heavy (non-hydrogen) atoms. The fourth-order valence-corrected chi connectivity index (χ4v) is 2.36. The Labute approximate surface area is 109 Å². The van der Waals surface area contributed by atoms with Gasteiger partial charge in [-0.05, 0) is 40.8 Å². The molecule has 1 atom stereocenters. The predicted molar refractivity (Wildman–Crippen MR) is 72.0 cm³/mol. The van der Waals surface area contributed by atoms with E-state index in [1.54, 1.807) is 6.07 Å². The summed E-state index contributed by atoms with van der Waals surface area (Å²) in [4.78, 5) is 10.4. The third kappa shape index (κ3) is 4.09. The maximum Gasteiger partial charge on any atom is 0.283 e. The van der Waals surface area contributed by atoms with Crippen molar-refractivity contribution in [2.75, 3.05) is 0 Å². The van der Waals surface area contributed by atoms with Crippen molar-refractivity contribution in [1.82, 2.24) is 0 Å². The summed E-state index contributed by atoms with van der Waals surface area (Å²) in [6, 6.07) is 5.28. The summed E-state index contributed by atoms with van der Waals surface area (Å²) in [6.07, 6.45) is 3.68. The van der Waals surface area contributed by atoms with Crippen LogP contribution in [-0.2, 0) is 6.42 Å². The number of benzene rings is 1. The van der Waals surface area contributed by atoms with E-state index in [0.29, 0.717) is 4.47 Å². The topological polar surface area (TPSA) is 69.2 Å². The number of nitrogens with two attached hydrogens (primary N) is 1. The molecule has 5 heteroatoms. The van der Waals surface area contributed by atoms with E-state index in [-0.39, 0.29) is 16.7 Å². The first kappa shape index (κ1) is 14.1. The Hall–Kier alpha value is -0.940. The molecule has 1 aromatic carbocycles. The molecule has 1 rings (SSSR count). The first-order valence-electron chi connectivity index (χ1n) is 5.73. The van der Waals surface area contributed by atoms with E-state index in [1.807, 2.05) is 6.07 Å². The molecule has 0 aromatic heterocycles. The molecule has 94 valence electrons. The zero-order valence-corrected chi connectivity index (χ0v) is 11.4. The van der Waals surface area contributed by atoms with Crippen molar-refractivity contribution < 1.29 is 4.92 Å². The molecular formula is C12H17BrN2O2. The van der Waals surface area contributed by atoms with Gasteiger partial charge in [0.25, 0.3) is 5.69 Å². The summed E-state index contributed by atoms with van der Waals surface area (Å²) in [6.45, 7) is 2.10. The van der Waals surface area contributed by atoms with Crippen LogP contribution in [0.3, 0.4) is 0 Å². The van der Waals surface area contributed by atoms with Gasteiger partial charge in [0.2, 0.25) is 0 Å². The molecular weight excluding hydrogens is 284 g/mol. The Balaban J connectivity index is 2.72. The largest absolute Gasteiger partial charge is 0.328 e. The summed E-state index contributed by atoms with van der Waals surface area (Å²) >= 11 is 3.29. The highest BCUT2D eigenvalue weighted by Gasteiger charge is 2.15. The van der Waals surface area contributed by atoms with Gasteiger partial charge in [0, 0.05) is 12.1 Å². The number of aryl methyl sites for hydroxylation is 1. The van der Waals surface area contributed by atoms with E-state index in [0.717, 1.165) is 31.2 Å². The highest BCUT2D eigenvalue weighted by molar-refractivity contribution is 9.10. The second-order valence-corrected chi connectivity index (χ2v) is 4.89. The monoisotopic (exact) mass is 300 g/mol. The summed E-state index contributed by atoms with van der Waals surface area (Å²) < 4.78 is 0.577. The molecule has 2 N–H and O–H groups in total. The van der Waals surface area contributed by atoms with Crippen molar-refractivity contribution in [3.05, 3.63) is 38.3 Å². The summed E-state index contributed by atoms with van der Waals surface area (Å²) in [5.74, 6) is 0. The molecule has 0 heterocycles. The average molecular weight is 301 g/mol.